The topological polar surface area (TPSA) is 17.8 Å². The molecule has 1 aromatic heterocycles. The summed E-state index contributed by atoms with van der Waals surface area (Å²) in [5.74, 6) is 1.03. The average molecular weight is 297 g/mol. The Morgan fingerprint density at radius 3 is 2.94 bits per heavy atom. The highest BCUT2D eigenvalue weighted by atomic mass is 79.9. The molecule has 2 rings (SSSR count). The van der Waals surface area contributed by atoms with Crippen molar-refractivity contribution in [1.82, 2.24) is 9.55 Å². The van der Waals surface area contributed by atoms with Gasteiger partial charge in [-0.25, -0.2) is 4.98 Å². The summed E-state index contributed by atoms with van der Waals surface area (Å²) >= 11 is 5.17. The first-order chi connectivity index (χ1) is 7.72. The molecular formula is C12H13BrN2S. The van der Waals surface area contributed by atoms with Crippen molar-refractivity contribution in [2.75, 3.05) is 5.75 Å². The van der Waals surface area contributed by atoms with E-state index < -0.39 is 0 Å². The standard InChI is InChI=1S/C12H13BrN2S/c1-3-16-12-14-10-6-4-5-7-11(10)15(12)8-9(2)13/h4-7H,2-3,8H2,1H3. The largest absolute Gasteiger partial charge is 0.314 e. The fourth-order valence-electron chi connectivity index (χ4n) is 1.62. The molecule has 0 amide bonds. The fourth-order valence-corrected chi connectivity index (χ4v) is 2.61. The number of hydrogen-bond acceptors (Lipinski definition) is 2. The molecule has 0 fully saturated rings. The predicted octanol–water partition coefficient (Wildman–Crippen LogP) is 4.06. The van der Waals surface area contributed by atoms with E-state index in [2.05, 4.69) is 45.1 Å². The third kappa shape index (κ3) is 2.33. The smallest absolute Gasteiger partial charge is 0.169 e. The monoisotopic (exact) mass is 296 g/mol. The molecule has 84 valence electrons. The zero-order valence-electron chi connectivity index (χ0n) is 9.11. The molecule has 16 heavy (non-hydrogen) atoms. The van der Waals surface area contributed by atoms with Crippen LogP contribution in [-0.2, 0) is 6.54 Å². The second-order valence-electron chi connectivity index (χ2n) is 3.42. The van der Waals surface area contributed by atoms with Gasteiger partial charge in [0.15, 0.2) is 5.16 Å². The molecule has 4 heteroatoms. The molecule has 0 bridgehead atoms. The zero-order chi connectivity index (χ0) is 11.5. The second kappa shape index (κ2) is 5.06. The summed E-state index contributed by atoms with van der Waals surface area (Å²) in [6, 6.07) is 8.20. The van der Waals surface area contributed by atoms with Gasteiger partial charge in [0, 0.05) is 4.48 Å². The Labute approximate surface area is 108 Å². The Balaban J connectivity index is 2.54. The second-order valence-corrected chi connectivity index (χ2v) is 5.77. The van der Waals surface area contributed by atoms with Crippen molar-refractivity contribution >= 4 is 38.7 Å². The van der Waals surface area contributed by atoms with Gasteiger partial charge in [0.05, 0.1) is 17.6 Å². The van der Waals surface area contributed by atoms with Crippen molar-refractivity contribution in [1.29, 1.82) is 0 Å². The maximum atomic E-state index is 4.62. The highest BCUT2D eigenvalue weighted by Gasteiger charge is 2.09. The first kappa shape index (κ1) is 11.7. The van der Waals surface area contributed by atoms with Crippen LogP contribution in [0.5, 0.6) is 0 Å². The summed E-state index contributed by atoms with van der Waals surface area (Å²) in [6.45, 7) is 6.80. The van der Waals surface area contributed by atoms with Crippen molar-refractivity contribution in [3.63, 3.8) is 0 Å². The van der Waals surface area contributed by atoms with Crippen LogP contribution >= 0.6 is 27.7 Å². The van der Waals surface area contributed by atoms with Gasteiger partial charge in [0.2, 0.25) is 0 Å². The molecule has 0 aliphatic rings. The number of fused-ring (bicyclic) bond motifs is 1. The molecule has 2 aromatic rings. The average Bonchev–Trinajstić information content (AvgIpc) is 2.57. The van der Waals surface area contributed by atoms with Gasteiger partial charge in [0.25, 0.3) is 0 Å². The van der Waals surface area contributed by atoms with E-state index in [0.717, 1.165) is 27.5 Å². The lowest BCUT2D eigenvalue weighted by Crippen LogP contribution is -1.99. The van der Waals surface area contributed by atoms with Crippen molar-refractivity contribution in [2.24, 2.45) is 0 Å². The van der Waals surface area contributed by atoms with Crippen LogP contribution in [0.25, 0.3) is 11.0 Å². The maximum Gasteiger partial charge on any atom is 0.169 e. The number of imidazole rings is 1. The van der Waals surface area contributed by atoms with Crippen LogP contribution in [-0.4, -0.2) is 15.3 Å². The van der Waals surface area contributed by atoms with Crippen molar-refractivity contribution < 1.29 is 0 Å². The number of para-hydroxylation sites is 2. The summed E-state index contributed by atoms with van der Waals surface area (Å²) in [5, 5.41) is 1.06. The number of benzene rings is 1. The lowest BCUT2D eigenvalue weighted by atomic mass is 10.3. The molecular weight excluding hydrogens is 284 g/mol. The molecule has 0 aliphatic carbocycles. The summed E-state index contributed by atoms with van der Waals surface area (Å²) < 4.78 is 3.16. The van der Waals surface area contributed by atoms with Crippen LogP contribution in [0.2, 0.25) is 0 Å². The van der Waals surface area contributed by atoms with Gasteiger partial charge in [-0.3, -0.25) is 0 Å². The van der Waals surface area contributed by atoms with Gasteiger partial charge in [-0.2, -0.15) is 0 Å². The number of halogens is 1. The minimum atomic E-state index is 0.767. The lowest BCUT2D eigenvalue weighted by Gasteiger charge is -2.06. The summed E-state index contributed by atoms with van der Waals surface area (Å²) in [7, 11) is 0. The van der Waals surface area contributed by atoms with E-state index in [-0.39, 0.29) is 0 Å². The Hall–Kier alpha value is -0.740. The van der Waals surface area contributed by atoms with Gasteiger partial charge < -0.3 is 4.57 Å². The fraction of sp³-hybridized carbons (Fsp3) is 0.250. The number of allylic oxidation sites excluding steroid dienone is 1. The van der Waals surface area contributed by atoms with Crippen molar-refractivity contribution in [2.45, 2.75) is 18.6 Å². The van der Waals surface area contributed by atoms with Gasteiger partial charge in [-0.1, -0.05) is 53.3 Å². The predicted molar refractivity (Wildman–Crippen MR) is 74.2 cm³/mol. The van der Waals surface area contributed by atoms with Crippen LogP contribution < -0.4 is 0 Å². The van der Waals surface area contributed by atoms with Crippen LogP contribution in [0.15, 0.2) is 40.5 Å². The van der Waals surface area contributed by atoms with Crippen LogP contribution in [0.4, 0.5) is 0 Å². The highest BCUT2D eigenvalue weighted by molar-refractivity contribution is 9.11. The SMILES string of the molecule is C=C(Br)Cn1c(SCC)nc2ccccc21. The van der Waals surface area contributed by atoms with Crippen molar-refractivity contribution in [3.05, 3.63) is 35.3 Å². The summed E-state index contributed by atoms with van der Waals surface area (Å²) in [6.07, 6.45) is 0. The first-order valence-electron chi connectivity index (χ1n) is 5.13. The quantitative estimate of drug-likeness (QED) is 0.792. The van der Waals surface area contributed by atoms with Gasteiger partial charge in [-0.05, 0) is 17.9 Å². The van der Waals surface area contributed by atoms with E-state index in [1.165, 1.54) is 5.52 Å². The minimum absolute atomic E-state index is 0.767. The number of thioether (sulfide) groups is 1. The van der Waals surface area contributed by atoms with E-state index in [9.17, 15) is 0 Å². The van der Waals surface area contributed by atoms with Crippen molar-refractivity contribution in [3.8, 4) is 0 Å². The highest BCUT2D eigenvalue weighted by Crippen LogP contribution is 2.25. The molecule has 0 radical (unpaired) electrons. The van der Waals surface area contributed by atoms with Gasteiger partial charge >= 0.3 is 0 Å². The number of nitrogens with zero attached hydrogens (tertiary/aromatic N) is 2. The Morgan fingerprint density at radius 2 is 2.25 bits per heavy atom. The van der Waals surface area contributed by atoms with Crippen LogP contribution in [0.1, 0.15) is 6.92 Å². The first-order valence-corrected chi connectivity index (χ1v) is 6.91. The number of aromatic nitrogens is 2. The third-order valence-corrected chi connectivity index (χ3v) is 3.33. The Morgan fingerprint density at radius 1 is 1.50 bits per heavy atom. The lowest BCUT2D eigenvalue weighted by molar-refractivity contribution is 0.744. The molecule has 2 nitrogen and oxygen atoms in total. The molecule has 1 heterocycles. The molecule has 0 aliphatic heterocycles. The molecule has 0 saturated carbocycles. The number of rotatable bonds is 4. The molecule has 0 atom stereocenters. The molecule has 0 N–H and O–H groups in total. The Kier molecular flexibility index (Phi) is 3.71. The molecule has 0 saturated heterocycles. The normalized spacial score (nSPS) is 10.9. The van der Waals surface area contributed by atoms with E-state index in [1.807, 2.05) is 18.2 Å². The van der Waals surface area contributed by atoms with Gasteiger partial charge in [0.1, 0.15) is 0 Å². The maximum absolute atomic E-state index is 4.62. The third-order valence-electron chi connectivity index (χ3n) is 2.22. The molecule has 0 spiro atoms. The Bertz CT molecular complexity index is 519. The zero-order valence-corrected chi connectivity index (χ0v) is 11.5. The summed E-state index contributed by atoms with van der Waals surface area (Å²) in [4.78, 5) is 4.62. The minimum Gasteiger partial charge on any atom is -0.314 e. The van der Waals surface area contributed by atoms with E-state index in [0.29, 0.717) is 0 Å². The van der Waals surface area contributed by atoms with E-state index >= 15 is 0 Å². The van der Waals surface area contributed by atoms with Gasteiger partial charge in [-0.15, -0.1) is 0 Å². The van der Waals surface area contributed by atoms with E-state index in [1.54, 1.807) is 11.8 Å². The van der Waals surface area contributed by atoms with Crippen LogP contribution in [0.3, 0.4) is 0 Å². The van der Waals surface area contributed by atoms with Crippen LogP contribution in [0, 0.1) is 0 Å². The number of hydrogen-bond donors (Lipinski definition) is 0. The van der Waals surface area contributed by atoms with E-state index in [4.69, 9.17) is 0 Å². The summed E-state index contributed by atoms with van der Waals surface area (Å²) in [5.41, 5.74) is 2.21. The molecule has 1 aromatic carbocycles. The molecule has 0 unspecified atom stereocenters.